The lowest BCUT2D eigenvalue weighted by Crippen LogP contribution is -2.37. The molecule has 0 saturated carbocycles. The van der Waals surface area contributed by atoms with Crippen LogP contribution in [-0.2, 0) is 13.0 Å². The molecule has 0 unspecified atom stereocenters. The Labute approximate surface area is 156 Å². The van der Waals surface area contributed by atoms with E-state index in [0.29, 0.717) is 12.1 Å². The molecule has 2 aromatic rings. The fourth-order valence-corrected chi connectivity index (χ4v) is 2.62. The van der Waals surface area contributed by atoms with Gasteiger partial charge in [-0.2, -0.15) is 0 Å². The Morgan fingerprint density at radius 2 is 1.77 bits per heavy atom. The van der Waals surface area contributed by atoms with Crippen molar-refractivity contribution in [2.75, 3.05) is 27.7 Å². The summed E-state index contributed by atoms with van der Waals surface area (Å²) < 4.78 is 0. The molecule has 0 fully saturated rings. The van der Waals surface area contributed by atoms with Gasteiger partial charge in [-0.25, -0.2) is 0 Å². The average molecular weight is 352 g/mol. The lowest BCUT2D eigenvalue weighted by atomic mass is 10.1. The molecule has 0 saturated heterocycles. The smallest absolute Gasteiger partial charge is 0.253 e. The largest absolute Gasteiger partial charge is 0.356 e. The van der Waals surface area contributed by atoms with Gasteiger partial charge in [0.2, 0.25) is 0 Å². The number of guanidine groups is 1. The lowest BCUT2D eigenvalue weighted by molar-refractivity contribution is 0.0827. The molecule has 138 valence electrons. The standard InChI is InChI=1S/C21H28N4O/c1-16-6-5-7-17(14-16)12-13-23-21(22-2)24-15-18-8-10-19(11-9-18)20(26)25(3)4/h5-11,14H,12-13,15H2,1-4H3,(H2,22,23,24). The highest BCUT2D eigenvalue weighted by atomic mass is 16.2. The molecule has 0 heterocycles. The summed E-state index contributed by atoms with van der Waals surface area (Å²) in [5.74, 6) is 0.782. The molecule has 0 aliphatic rings. The van der Waals surface area contributed by atoms with Gasteiger partial charge in [-0.3, -0.25) is 9.79 Å². The summed E-state index contributed by atoms with van der Waals surface area (Å²) in [4.78, 5) is 17.7. The van der Waals surface area contributed by atoms with Crippen LogP contribution in [0.3, 0.4) is 0 Å². The Bertz CT molecular complexity index is 751. The molecule has 0 atom stereocenters. The number of hydrogen-bond acceptors (Lipinski definition) is 2. The molecule has 2 rings (SSSR count). The highest BCUT2D eigenvalue weighted by molar-refractivity contribution is 5.93. The zero-order chi connectivity index (χ0) is 18.9. The number of nitrogens with one attached hydrogen (secondary N) is 2. The number of aliphatic imine (C=N–C) groups is 1. The summed E-state index contributed by atoms with van der Waals surface area (Å²) in [5.41, 5.74) is 4.39. The monoisotopic (exact) mass is 352 g/mol. The van der Waals surface area contributed by atoms with Crippen LogP contribution >= 0.6 is 0 Å². The van der Waals surface area contributed by atoms with Gasteiger partial charge >= 0.3 is 0 Å². The number of carbonyl (C=O) groups is 1. The number of aryl methyl sites for hydroxylation is 1. The minimum atomic E-state index is 0.0122. The number of rotatable bonds is 6. The molecule has 26 heavy (non-hydrogen) atoms. The quantitative estimate of drug-likeness (QED) is 0.621. The molecule has 5 nitrogen and oxygen atoms in total. The molecule has 0 aromatic heterocycles. The number of carbonyl (C=O) groups excluding carboxylic acids is 1. The van der Waals surface area contributed by atoms with Crippen LogP contribution in [0.15, 0.2) is 53.5 Å². The van der Waals surface area contributed by atoms with Crippen molar-refractivity contribution < 1.29 is 4.79 Å². The number of hydrogen-bond donors (Lipinski definition) is 2. The van der Waals surface area contributed by atoms with E-state index in [1.165, 1.54) is 11.1 Å². The first-order valence-corrected chi connectivity index (χ1v) is 8.80. The topological polar surface area (TPSA) is 56.7 Å². The van der Waals surface area contributed by atoms with Crippen molar-refractivity contribution in [2.45, 2.75) is 19.9 Å². The van der Waals surface area contributed by atoms with Crippen molar-refractivity contribution >= 4 is 11.9 Å². The maximum Gasteiger partial charge on any atom is 0.253 e. The molecule has 0 radical (unpaired) electrons. The molecule has 0 aliphatic carbocycles. The van der Waals surface area contributed by atoms with Crippen LogP contribution in [0.25, 0.3) is 0 Å². The van der Waals surface area contributed by atoms with Crippen LogP contribution in [0.1, 0.15) is 27.0 Å². The zero-order valence-corrected chi connectivity index (χ0v) is 16.0. The first-order chi connectivity index (χ1) is 12.5. The van der Waals surface area contributed by atoms with Crippen molar-refractivity contribution in [1.82, 2.24) is 15.5 Å². The van der Waals surface area contributed by atoms with Crippen molar-refractivity contribution in [3.63, 3.8) is 0 Å². The van der Waals surface area contributed by atoms with E-state index >= 15 is 0 Å². The Balaban J connectivity index is 1.80. The predicted octanol–water partition coefficient (Wildman–Crippen LogP) is 2.60. The fourth-order valence-electron chi connectivity index (χ4n) is 2.62. The zero-order valence-electron chi connectivity index (χ0n) is 16.0. The van der Waals surface area contributed by atoms with Gasteiger partial charge in [0, 0.05) is 39.8 Å². The third-order valence-corrected chi connectivity index (χ3v) is 4.08. The van der Waals surface area contributed by atoms with Gasteiger partial charge in [-0.05, 0) is 36.6 Å². The van der Waals surface area contributed by atoms with E-state index in [1.54, 1.807) is 26.0 Å². The molecule has 0 spiro atoms. The second-order valence-corrected chi connectivity index (χ2v) is 6.49. The molecule has 2 aromatic carbocycles. The maximum absolute atomic E-state index is 11.9. The molecular formula is C21H28N4O. The van der Waals surface area contributed by atoms with E-state index in [9.17, 15) is 4.79 Å². The number of amides is 1. The molecule has 5 heteroatoms. The summed E-state index contributed by atoms with van der Waals surface area (Å²) in [7, 11) is 5.27. The molecule has 1 amide bonds. The Morgan fingerprint density at radius 1 is 1.04 bits per heavy atom. The first-order valence-electron chi connectivity index (χ1n) is 8.80. The summed E-state index contributed by atoms with van der Waals surface area (Å²) in [6.45, 7) is 3.58. The van der Waals surface area contributed by atoms with Crippen LogP contribution in [-0.4, -0.2) is 44.5 Å². The lowest BCUT2D eigenvalue weighted by Gasteiger charge is -2.13. The summed E-state index contributed by atoms with van der Waals surface area (Å²) in [6.07, 6.45) is 0.948. The van der Waals surface area contributed by atoms with Crippen LogP contribution < -0.4 is 10.6 Å². The van der Waals surface area contributed by atoms with Gasteiger partial charge in [0.15, 0.2) is 5.96 Å². The van der Waals surface area contributed by atoms with Gasteiger partial charge in [0.25, 0.3) is 5.91 Å². The summed E-state index contributed by atoms with van der Waals surface area (Å²) in [5, 5.41) is 6.63. The Kier molecular flexibility index (Phi) is 7.21. The van der Waals surface area contributed by atoms with E-state index in [4.69, 9.17) is 0 Å². The van der Waals surface area contributed by atoms with Crippen molar-refractivity contribution in [3.05, 3.63) is 70.8 Å². The SMILES string of the molecule is CN=C(NCCc1cccc(C)c1)NCc1ccc(C(=O)N(C)C)cc1. The molecule has 2 N–H and O–H groups in total. The van der Waals surface area contributed by atoms with Crippen LogP contribution in [0.5, 0.6) is 0 Å². The maximum atomic E-state index is 11.9. The first kappa shape index (κ1) is 19.5. The van der Waals surface area contributed by atoms with E-state index < -0.39 is 0 Å². The highest BCUT2D eigenvalue weighted by Gasteiger charge is 2.07. The van der Waals surface area contributed by atoms with Crippen LogP contribution in [0.4, 0.5) is 0 Å². The van der Waals surface area contributed by atoms with Crippen molar-refractivity contribution in [3.8, 4) is 0 Å². The van der Waals surface area contributed by atoms with Crippen LogP contribution in [0.2, 0.25) is 0 Å². The minimum Gasteiger partial charge on any atom is -0.356 e. The van der Waals surface area contributed by atoms with Gasteiger partial charge < -0.3 is 15.5 Å². The van der Waals surface area contributed by atoms with Crippen molar-refractivity contribution in [2.24, 2.45) is 4.99 Å². The van der Waals surface area contributed by atoms with E-state index in [0.717, 1.165) is 24.5 Å². The second kappa shape index (κ2) is 9.61. The average Bonchev–Trinajstić information content (AvgIpc) is 2.64. The van der Waals surface area contributed by atoms with E-state index in [2.05, 4.69) is 46.8 Å². The Hall–Kier alpha value is -2.82. The fraction of sp³-hybridized carbons (Fsp3) is 0.333. The summed E-state index contributed by atoms with van der Waals surface area (Å²) in [6, 6.07) is 16.2. The van der Waals surface area contributed by atoms with E-state index in [1.807, 2.05) is 24.3 Å². The van der Waals surface area contributed by atoms with Gasteiger partial charge in [0.05, 0.1) is 0 Å². The van der Waals surface area contributed by atoms with E-state index in [-0.39, 0.29) is 5.91 Å². The van der Waals surface area contributed by atoms with Crippen LogP contribution in [0, 0.1) is 6.92 Å². The number of nitrogens with zero attached hydrogens (tertiary/aromatic N) is 2. The van der Waals surface area contributed by atoms with Gasteiger partial charge in [-0.1, -0.05) is 42.0 Å². The third kappa shape index (κ3) is 5.92. The van der Waals surface area contributed by atoms with Gasteiger partial charge in [-0.15, -0.1) is 0 Å². The minimum absolute atomic E-state index is 0.0122. The Morgan fingerprint density at radius 3 is 2.38 bits per heavy atom. The summed E-state index contributed by atoms with van der Waals surface area (Å²) >= 11 is 0. The third-order valence-electron chi connectivity index (χ3n) is 4.08. The molecule has 0 aliphatic heterocycles. The highest BCUT2D eigenvalue weighted by Crippen LogP contribution is 2.06. The normalized spacial score (nSPS) is 11.2. The number of benzene rings is 2. The molecular weight excluding hydrogens is 324 g/mol. The van der Waals surface area contributed by atoms with Gasteiger partial charge in [0.1, 0.15) is 0 Å². The predicted molar refractivity (Wildman–Crippen MR) is 108 cm³/mol. The second-order valence-electron chi connectivity index (χ2n) is 6.49. The molecule has 0 bridgehead atoms. The van der Waals surface area contributed by atoms with Crippen molar-refractivity contribution in [1.29, 1.82) is 0 Å².